The molecule has 2 aromatic carbocycles. The highest BCUT2D eigenvalue weighted by Gasteiger charge is 2.46. The first-order valence-corrected chi connectivity index (χ1v) is 11.4. The molecular weight excluding hydrogens is 400 g/mol. The minimum Gasteiger partial charge on any atom is -0.343 e. The normalized spacial score (nSPS) is 18.5. The fraction of sp³-hybridized carbons (Fsp3) is 0.385. The van der Waals surface area contributed by atoms with Crippen molar-refractivity contribution in [2.45, 2.75) is 51.4 Å². The number of likely N-dealkylation sites (N-methyl/N-ethyl adjacent to an activating group) is 1. The number of para-hydroxylation sites is 1. The Morgan fingerprint density at radius 3 is 2.50 bits per heavy atom. The molecule has 1 unspecified atom stereocenters. The molecule has 6 nitrogen and oxygen atoms in total. The van der Waals surface area contributed by atoms with Crippen LogP contribution < -0.4 is 5.32 Å². The lowest BCUT2D eigenvalue weighted by atomic mass is 10.0. The number of amides is 3. The molecule has 1 saturated heterocycles. The van der Waals surface area contributed by atoms with Crippen LogP contribution in [0.15, 0.2) is 60.8 Å². The Balaban J connectivity index is 1.68. The highest BCUT2D eigenvalue weighted by Crippen LogP contribution is 2.30. The van der Waals surface area contributed by atoms with Crippen molar-refractivity contribution in [3.8, 4) is 0 Å². The quantitative estimate of drug-likeness (QED) is 0.607. The van der Waals surface area contributed by atoms with Gasteiger partial charge >= 0.3 is 6.03 Å². The Hall–Kier alpha value is -3.28. The van der Waals surface area contributed by atoms with Crippen LogP contribution in [0.3, 0.4) is 0 Å². The Kier molecular flexibility index (Phi) is 6.49. The summed E-state index contributed by atoms with van der Waals surface area (Å²) in [5, 5.41) is 3.88. The second-order valence-electron chi connectivity index (χ2n) is 8.54. The van der Waals surface area contributed by atoms with Crippen molar-refractivity contribution in [2.24, 2.45) is 0 Å². The second-order valence-corrected chi connectivity index (χ2v) is 8.54. The van der Waals surface area contributed by atoms with Crippen LogP contribution in [0.25, 0.3) is 10.9 Å². The Morgan fingerprint density at radius 1 is 1.06 bits per heavy atom. The van der Waals surface area contributed by atoms with Gasteiger partial charge in [0.05, 0.1) is 0 Å². The molecule has 1 fully saturated rings. The molecule has 0 radical (unpaired) electrons. The summed E-state index contributed by atoms with van der Waals surface area (Å²) in [5.74, 6) is 0.00888. The zero-order valence-corrected chi connectivity index (χ0v) is 19.1. The standard InChI is InChI=1S/C26H32N4O2/c1-4-5-15-24-28(3)25(31)23(30(24)26(32)27-2)16-20-18-29(17-19-11-7-6-8-12-19)22-14-10-9-13-21(20)22/h6-14,18,23-24H,4-5,15-17H2,1-3H3,(H,27,32)/t23-,24?/m0/s1. The molecular formula is C26H32N4O2. The molecule has 3 amide bonds. The van der Waals surface area contributed by atoms with Crippen molar-refractivity contribution in [3.05, 3.63) is 71.9 Å². The molecule has 0 spiro atoms. The van der Waals surface area contributed by atoms with Crippen LogP contribution in [0.2, 0.25) is 0 Å². The minimum atomic E-state index is -0.502. The number of unbranched alkanes of at least 4 members (excludes halogenated alkanes) is 1. The van der Waals surface area contributed by atoms with Gasteiger partial charge in [-0.05, 0) is 30.0 Å². The third-order valence-corrected chi connectivity index (χ3v) is 6.48. The molecule has 6 heteroatoms. The van der Waals surface area contributed by atoms with Gasteiger partial charge in [-0.3, -0.25) is 9.69 Å². The highest BCUT2D eigenvalue weighted by atomic mass is 16.2. The maximum atomic E-state index is 13.2. The van der Waals surface area contributed by atoms with Crippen LogP contribution in [0.4, 0.5) is 4.79 Å². The fourth-order valence-corrected chi connectivity index (χ4v) is 4.81. The van der Waals surface area contributed by atoms with E-state index in [4.69, 9.17) is 0 Å². The molecule has 1 N–H and O–H groups in total. The van der Waals surface area contributed by atoms with E-state index in [0.29, 0.717) is 6.42 Å². The lowest BCUT2D eigenvalue weighted by molar-refractivity contribution is -0.128. The Labute approximate surface area is 189 Å². The number of fused-ring (bicyclic) bond motifs is 1. The van der Waals surface area contributed by atoms with Crippen LogP contribution in [0.1, 0.15) is 37.3 Å². The average Bonchev–Trinajstić information content (AvgIpc) is 3.28. The first-order chi connectivity index (χ1) is 15.5. The topological polar surface area (TPSA) is 57.6 Å². The van der Waals surface area contributed by atoms with E-state index in [-0.39, 0.29) is 18.1 Å². The van der Waals surface area contributed by atoms with E-state index in [1.165, 1.54) is 5.56 Å². The van der Waals surface area contributed by atoms with Crippen molar-refractivity contribution in [1.29, 1.82) is 0 Å². The molecule has 1 aliphatic heterocycles. The molecule has 2 atom stereocenters. The molecule has 1 aliphatic rings. The van der Waals surface area contributed by atoms with E-state index in [0.717, 1.165) is 42.3 Å². The van der Waals surface area contributed by atoms with E-state index in [2.05, 4.69) is 47.3 Å². The lowest BCUT2D eigenvalue weighted by Gasteiger charge is -2.29. The number of aromatic nitrogens is 1. The molecule has 3 aromatic rings. The minimum absolute atomic E-state index is 0.00888. The lowest BCUT2D eigenvalue weighted by Crippen LogP contribution is -2.48. The number of urea groups is 1. The summed E-state index contributed by atoms with van der Waals surface area (Å²) >= 11 is 0. The van der Waals surface area contributed by atoms with Crippen LogP contribution in [0.5, 0.6) is 0 Å². The summed E-state index contributed by atoms with van der Waals surface area (Å²) in [6, 6.07) is 18.0. The van der Waals surface area contributed by atoms with Gasteiger partial charge in [-0.25, -0.2) is 4.79 Å². The number of nitrogens with one attached hydrogen (secondary N) is 1. The number of nitrogens with zero attached hydrogens (tertiary/aromatic N) is 3. The molecule has 1 aromatic heterocycles. The zero-order valence-electron chi connectivity index (χ0n) is 19.1. The predicted octanol–water partition coefficient (Wildman–Crippen LogP) is 4.23. The van der Waals surface area contributed by atoms with Crippen molar-refractivity contribution in [1.82, 2.24) is 19.7 Å². The molecule has 168 valence electrons. The number of carbonyl (C=O) groups is 2. The molecule has 2 heterocycles. The third-order valence-electron chi connectivity index (χ3n) is 6.48. The van der Waals surface area contributed by atoms with Gasteiger partial charge < -0.3 is 14.8 Å². The first kappa shape index (κ1) is 21.9. The Morgan fingerprint density at radius 2 is 1.78 bits per heavy atom. The van der Waals surface area contributed by atoms with Crippen molar-refractivity contribution >= 4 is 22.8 Å². The molecule has 32 heavy (non-hydrogen) atoms. The van der Waals surface area contributed by atoms with Gasteiger partial charge in [-0.2, -0.15) is 0 Å². The SMILES string of the molecule is CCCCC1N(C)C(=O)[C@H](Cc2cn(Cc3ccccc3)c3ccccc23)N1C(=O)NC. The van der Waals surface area contributed by atoms with Crippen LogP contribution in [-0.4, -0.2) is 52.6 Å². The van der Waals surface area contributed by atoms with E-state index in [9.17, 15) is 9.59 Å². The van der Waals surface area contributed by atoms with Crippen LogP contribution in [0, 0.1) is 0 Å². The van der Waals surface area contributed by atoms with Crippen molar-refractivity contribution in [3.63, 3.8) is 0 Å². The summed E-state index contributed by atoms with van der Waals surface area (Å²) in [7, 11) is 3.45. The first-order valence-electron chi connectivity index (χ1n) is 11.4. The van der Waals surface area contributed by atoms with Crippen LogP contribution in [-0.2, 0) is 17.8 Å². The van der Waals surface area contributed by atoms with Gasteiger partial charge in [0.2, 0.25) is 5.91 Å². The third kappa shape index (κ3) is 4.09. The van der Waals surface area contributed by atoms with Crippen molar-refractivity contribution < 1.29 is 9.59 Å². The van der Waals surface area contributed by atoms with Gasteiger partial charge in [0.1, 0.15) is 12.2 Å². The molecule has 0 saturated carbocycles. The number of hydrogen-bond donors (Lipinski definition) is 1. The number of carbonyl (C=O) groups excluding carboxylic acids is 2. The summed E-state index contributed by atoms with van der Waals surface area (Å²) < 4.78 is 2.24. The van der Waals surface area contributed by atoms with Gasteiger partial charge in [0.15, 0.2) is 0 Å². The molecule has 4 rings (SSSR count). The summed E-state index contributed by atoms with van der Waals surface area (Å²) in [6.45, 7) is 2.89. The predicted molar refractivity (Wildman–Crippen MR) is 127 cm³/mol. The maximum Gasteiger partial charge on any atom is 0.319 e. The second kappa shape index (κ2) is 9.47. The van der Waals surface area contributed by atoms with Crippen LogP contribution >= 0.6 is 0 Å². The zero-order chi connectivity index (χ0) is 22.7. The largest absolute Gasteiger partial charge is 0.343 e. The van der Waals surface area contributed by atoms with E-state index >= 15 is 0 Å². The smallest absolute Gasteiger partial charge is 0.319 e. The highest BCUT2D eigenvalue weighted by molar-refractivity contribution is 5.92. The van der Waals surface area contributed by atoms with E-state index in [1.807, 2.05) is 37.4 Å². The fourth-order valence-electron chi connectivity index (χ4n) is 4.81. The summed E-state index contributed by atoms with van der Waals surface area (Å²) in [6.07, 6.45) is 5.23. The number of benzene rings is 2. The Bertz CT molecular complexity index is 1090. The number of rotatable bonds is 7. The van der Waals surface area contributed by atoms with Crippen molar-refractivity contribution in [2.75, 3.05) is 14.1 Å². The summed E-state index contributed by atoms with van der Waals surface area (Å²) in [5.41, 5.74) is 3.45. The number of hydrogen-bond acceptors (Lipinski definition) is 2. The van der Waals surface area contributed by atoms with Gasteiger partial charge in [-0.15, -0.1) is 0 Å². The van der Waals surface area contributed by atoms with Gasteiger partial charge in [-0.1, -0.05) is 61.9 Å². The van der Waals surface area contributed by atoms with E-state index in [1.54, 1.807) is 16.8 Å². The maximum absolute atomic E-state index is 13.2. The van der Waals surface area contributed by atoms with Gasteiger partial charge in [0, 0.05) is 44.2 Å². The average molecular weight is 433 g/mol. The monoisotopic (exact) mass is 432 g/mol. The molecule has 0 aliphatic carbocycles. The summed E-state index contributed by atoms with van der Waals surface area (Å²) in [4.78, 5) is 29.6. The van der Waals surface area contributed by atoms with E-state index < -0.39 is 6.04 Å². The van der Waals surface area contributed by atoms with Gasteiger partial charge in [0.25, 0.3) is 0 Å². The molecule has 0 bridgehead atoms.